The largest absolute Gasteiger partial charge is 0.395 e. The molecule has 1 atom stereocenters. The summed E-state index contributed by atoms with van der Waals surface area (Å²) in [5, 5.41) is 9.32. The number of aliphatic hydroxyl groups is 1. The molecule has 0 bridgehead atoms. The third-order valence-corrected chi connectivity index (χ3v) is 5.48. The van der Waals surface area contributed by atoms with Gasteiger partial charge >= 0.3 is 0 Å². The first-order valence-electron chi connectivity index (χ1n) is 5.09. The number of rotatable bonds is 5. The van der Waals surface area contributed by atoms with Gasteiger partial charge in [0.2, 0.25) is 10.0 Å². The molecule has 0 unspecified atom stereocenters. The molecular formula is C10H12BrCl2NO3S. The second-order valence-electron chi connectivity index (χ2n) is 3.61. The highest BCUT2D eigenvalue weighted by molar-refractivity contribution is 9.10. The lowest BCUT2D eigenvalue weighted by molar-refractivity contribution is 0.254. The molecule has 18 heavy (non-hydrogen) atoms. The molecule has 0 heterocycles. The van der Waals surface area contributed by atoms with Crippen LogP contribution in [0.2, 0.25) is 10.0 Å². The summed E-state index contributed by atoms with van der Waals surface area (Å²) in [5.41, 5.74) is 0. The van der Waals surface area contributed by atoms with Crippen molar-refractivity contribution < 1.29 is 13.5 Å². The molecule has 0 aliphatic rings. The third kappa shape index (κ3) is 3.82. The first-order valence-corrected chi connectivity index (χ1v) is 8.12. The number of sulfonamides is 1. The first-order chi connectivity index (χ1) is 8.31. The molecule has 4 nitrogen and oxygen atoms in total. The van der Waals surface area contributed by atoms with Gasteiger partial charge in [0.15, 0.2) is 0 Å². The van der Waals surface area contributed by atoms with Crippen molar-refractivity contribution in [1.29, 1.82) is 0 Å². The van der Waals surface area contributed by atoms with Gasteiger partial charge in [-0.05, 0) is 34.5 Å². The molecule has 0 radical (unpaired) electrons. The Morgan fingerprint density at radius 3 is 2.50 bits per heavy atom. The molecule has 102 valence electrons. The Kier molecular flexibility index (Phi) is 5.89. The fraction of sp³-hybridized carbons (Fsp3) is 0.400. The van der Waals surface area contributed by atoms with Crippen LogP contribution in [0.15, 0.2) is 21.5 Å². The Bertz CT molecular complexity index is 532. The standard InChI is InChI=1S/C10H12BrCl2NO3S/c1-2-6(5-15)14-18(16,17)10-4-8(12)7(11)3-9(10)13/h3-4,6,14-15H,2,5H2,1H3/t6-/m0/s1. The second kappa shape index (κ2) is 6.54. The van der Waals surface area contributed by atoms with Crippen molar-refractivity contribution in [1.82, 2.24) is 4.72 Å². The summed E-state index contributed by atoms with van der Waals surface area (Å²) in [7, 11) is -3.80. The molecule has 8 heteroatoms. The molecule has 0 aliphatic carbocycles. The predicted octanol–water partition coefficient (Wildman–Crippen LogP) is 2.81. The Balaban J connectivity index is 3.16. The minimum atomic E-state index is -3.80. The van der Waals surface area contributed by atoms with Gasteiger partial charge in [0.1, 0.15) is 4.90 Å². The minimum Gasteiger partial charge on any atom is -0.395 e. The molecule has 0 aromatic heterocycles. The molecule has 0 aliphatic heterocycles. The molecule has 1 aromatic rings. The molecule has 2 N–H and O–H groups in total. The Labute approximate surface area is 124 Å². The van der Waals surface area contributed by atoms with Gasteiger partial charge in [-0.1, -0.05) is 30.1 Å². The van der Waals surface area contributed by atoms with Crippen molar-refractivity contribution in [2.45, 2.75) is 24.3 Å². The van der Waals surface area contributed by atoms with Gasteiger partial charge in [-0.25, -0.2) is 13.1 Å². The zero-order valence-corrected chi connectivity index (χ0v) is 13.4. The van der Waals surface area contributed by atoms with Crippen LogP contribution in [0.4, 0.5) is 0 Å². The van der Waals surface area contributed by atoms with E-state index >= 15 is 0 Å². The van der Waals surface area contributed by atoms with Crippen LogP contribution < -0.4 is 4.72 Å². The molecule has 0 spiro atoms. The highest BCUT2D eigenvalue weighted by Crippen LogP contribution is 2.31. The quantitative estimate of drug-likeness (QED) is 0.776. The number of benzene rings is 1. The number of halogens is 3. The van der Waals surface area contributed by atoms with Crippen LogP contribution in [0.1, 0.15) is 13.3 Å². The van der Waals surface area contributed by atoms with Gasteiger partial charge in [-0.2, -0.15) is 0 Å². The normalized spacial score (nSPS) is 13.6. The lowest BCUT2D eigenvalue weighted by Crippen LogP contribution is -2.37. The third-order valence-electron chi connectivity index (χ3n) is 2.30. The minimum absolute atomic E-state index is 0.0616. The highest BCUT2D eigenvalue weighted by Gasteiger charge is 2.22. The highest BCUT2D eigenvalue weighted by atomic mass is 79.9. The van der Waals surface area contributed by atoms with E-state index in [-0.39, 0.29) is 21.5 Å². The van der Waals surface area contributed by atoms with Gasteiger partial charge in [0.05, 0.1) is 16.7 Å². The maximum absolute atomic E-state index is 12.1. The van der Waals surface area contributed by atoms with Crippen LogP contribution in [-0.4, -0.2) is 26.2 Å². The zero-order valence-electron chi connectivity index (χ0n) is 9.45. The van der Waals surface area contributed by atoms with E-state index in [0.29, 0.717) is 10.9 Å². The van der Waals surface area contributed by atoms with Crippen molar-refractivity contribution >= 4 is 49.2 Å². The summed E-state index contributed by atoms with van der Waals surface area (Å²) < 4.78 is 27.0. The van der Waals surface area contributed by atoms with E-state index in [2.05, 4.69) is 20.7 Å². The van der Waals surface area contributed by atoms with Crippen LogP contribution in [0.5, 0.6) is 0 Å². The summed E-state index contributed by atoms with van der Waals surface area (Å²) >= 11 is 14.9. The van der Waals surface area contributed by atoms with Gasteiger partial charge < -0.3 is 5.11 Å². The van der Waals surface area contributed by atoms with Gasteiger partial charge in [0, 0.05) is 10.5 Å². The number of hydrogen-bond donors (Lipinski definition) is 2. The zero-order chi connectivity index (χ0) is 13.9. The summed E-state index contributed by atoms with van der Waals surface area (Å²) in [4.78, 5) is -0.107. The van der Waals surface area contributed by atoms with Crippen molar-refractivity contribution in [3.63, 3.8) is 0 Å². The van der Waals surface area contributed by atoms with E-state index in [4.69, 9.17) is 28.3 Å². The van der Waals surface area contributed by atoms with Crippen molar-refractivity contribution in [2.75, 3.05) is 6.61 Å². The monoisotopic (exact) mass is 375 g/mol. The van der Waals surface area contributed by atoms with E-state index in [1.165, 1.54) is 12.1 Å². The van der Waals surface area contributed by atoms with Crippen LogP contribution in [0, 0.1) is 0 Å². The van der Waals surface area contributed by atoms with Gasteiger partial charge in [0.25, 0.3) is 0 Å². The second-order valence-corrected chi connectivity index (χ2v) is 6.96. The average Bonchev–Trinajstić information content (AvgIpc) is 2.30. The smallest absolute Gasteiger partial charge is 0.242 e. The van der Waals surface area contributed by atoms with E-state index < -0.39 is 16.1 Å². The molecular weight excluding hydrogens is 365 g/mol. The molecule has 0 fully saturated rings. The molecule has 1 rings (SSSR count). The Morgan fingerprint density at radius 1 is 1.39 bits per heavy atom. The predicted molar refractivity (Wildman–Crippen MR) is 75.6 cm³/mol. The van der Waals surface area contributed by atoms with E-state index in [1.54, 1.807) is 6.92 Å². The summed E-state index contributed by atoms with van der Waals surface area (Å²) in [6, 6.07) is 2.13. The number of nitrogens with one attached hydrogen (secondary N) is 1. The van der Waals surface area contributed by atoms with Gasteiger partial charge in [-0.15, -0.1) is 0 Å². The molecule has 0 saturated heterocycles. The SMILES string of the molecule is CC[C@@H](CO)NS(=O)(=O)c1cc(Cl)c(Br)cc1Cl. The fourth-order valence-electron chi connectivity index (χ4n) is 1.24. The van der Waals surface area contributed by atoms with E-state index in [1.807, 2.05) is 0 Å². The maximum Gasteiger partial charge on any atom is 0.242 e. The van der Waals surface area contributed by atoms with Crippen molar-refractivity contribution in [3.8, 4) is 0 Å². The average molecular weight is 377 g/mol. The van der Waals surface area contributed by atoms with Crippen molar-refractivity contribution in [2.24, 2.45) is 0 Å². The molecule has 1 aromatic carbocycles. The fourth-order valence-corrected chi connectivity index (χ4v) is 3.81. The Morgan fingerprint density at radius 2 is 2.00 bits per heavy atom. The van der Waals surface area contributed by atoms with E-state index in [0.717, 1.165) is 0 Å². The van der Waals surface area contributed by atoms with Crippen LogP contribution in [-0.2, 0) is 10.0 Å². The molecule has 0 saturated carbocycles. The summed E-state index contributed by atoms with van der Waals surface area (Å²) in [5.74, 6) is 0. The van der Waals surface area contributed by atoms with Crippen LogP contribution in [0.3, 0.4) is 0 Å². The molecule has 0 amide bonds. The summed E-state index contributed by atoms with van der Waals surface area (Å²) in [6.07, 6.45) is 0.470. The van der Waals surface area contributed by atoms with Crippen LogP contribution in [0.25, 0.3) is 0 Å². The number of aliphatic hydroxyl groups excluding tert-OH is 1. The van der Waals surface area contributed by atoms with E-state index in [9.17, 15) is 8.42 Å². The Hall–Kier alpha value is 0.150. The summed E-state index contributed by atoms with van der Waals surface area (Å²) in [6.45, 7) is 1.48. The van der Waals surface area contributed by atoms with Crippen LogP contribution >= 0.6 is 39.1 Å². The number of hydrogen-bond acceptors (Lipinski definition) is 3. The maximum atomic E-state index is 12.1. The van der Waals surface area contributed by atoms with Crippen molar-refractivity contribution in [3.05, 3.63) is 26.7 Å². The first kappa shape index (κ1) is 16.2. The topological polar surface area (TPSA) is 66.4 Å². The lowest BCUT2D eigenvalue weighted by Gasteiger charge is -2.15. The van der Waals surface area contributed by atoms with Gasteiger partial charge in [-0.3, -0.25) is 0 Å². The lowest BCUT2D eigenvalue weighted by atomic mass is 10.3.